The average molecular weight is 195 g/mol. The van der Waals surface area contributed by atoms with Crippen molar-refractivity contribution in [2.75, 3.05) is 0 Å². The largest absolute Gasteiger partial charge is 0.548 e. The molecule has 0 heterocycles. The molecular weight excluding hydrogens is 183 g/mol. The van der Waals surface area contributed by atoms with Crippen LogP contribution in [0, 0.1) is 0 Å². The van der Waals surface area contributed by atoms with Crippen LogP contribution < -0.4 is 4.43 Å². The molecule has 14 heavy (non-hydrogen) atoms. The van der Waals surface area contributed by atoms with Gasteiger partial charge in [-0.3, -0.25) is 0 Å². The molecule has 1 nitrogen and oxygen atoms in total. The number of allylic oxidation sites excluding steroid dienone is 4. The summed E-state index contributed by atoms with van der Waals surface area (Å²) < 4.78 is 5.73. The van der Waals surface area contributed by atoms with E-state index in [2.05, 4.69) is 24.3 Å². The number of benzene rings is 1. The van der Waals surface area contributed by atoms with E-state index in [-0.39, 0.29) is 18.9 Å². The van der Waals surface area contributed by atoms with Crippen molar-refractivity contribution in [3.05, 3.63) is 54.6 Å². The molecule has 2 rings (SSSR count). The standard InChI is InChI=1S/C11H12OSi.Li/c1-2-6-10(7-3-1)12-13-11-8-4-5-9-11;/h1-9,11H,13H2;. The predicted molar refractivity (Wildman–Crippen MR) is 63.4 cm³/mol. The Bertz CT molecular complexity index is 309. The Labute approximate surface area is 99.0 Å². The van der Waals surface area contributed by atoms with Crippen LogP contribution in [0.5, 0.6) is 5.75 Å². The molecular formula is C11H12LiOSi. The van der Waals surface area contributed by atoms with Crippen LogP contribution >= 0.6 is 0 Å². The van der Waals surface area contributed by atoms with Crippen molar-refractivity contribution < 1.29 is 4.43 Å². The van der Waals surface area contributed by atoms with E-state index in [9.17, 15) is 0 Å². The molecule has 1 aliphatic carbocycles. The summed E-state index contributed by atoms with van der Waals surface area (Å²) in [6, 6.07) is 10.0. The zero-order valence-electron chi connectivity index (χ0n) is 8.39. The average Bonchev–Trinajstić information content (AvgIpc) is 2.69. The predicted octanol–water partition coefficient (Wildman–Crippen LogP) is 1.68. The molecule has 0 atom stereocenters. The van der Waals surface area contributed by atoms with Gasteiger partial charge in [-0.05, 0) is 12.1 Å². The number of hydrogen-bond acceptors (Lipinski definition) is 1. The van der Waals surface area contributed by atoms with E-state index in [1.807, 2.05) is 30.3 Å². The second-order valence-corrected chi connectivity index (χ2v) is 4.62. The van der Waals surface area contributed by atoms with Gasteiger partial charge < -0.3 is 4.43 Å². The van der Waals surface area contributed by atoms with Gasteiger partial charge in [-0.1, -0.05) is 42.5 Å². The van der Waals surface area contributed by atoms with Crippen LogP contribution in [-0.4, -0.2) is 28.6 Å². The zero-order valence-corrected chi connectivity index (χ0v) is 9.80. The molecule has 1 aromatic carbocycles. The molecule has 0 saturated carbocycles. The van der Waals surface area contributed by atoms with Crippen molar-refractivity contribution in [3.8, 4) is 5.75 Å². The minimum Gasteiger partial charge on any atom is -0.548 e. The number of hydrogen-bond donors (Lipinski definition) is 0. The fourth-order valence-corrected chi connectivity index (χ4v) is 2.41. The summed E-state index contributed by atoms with van der Waals surface area (Å²) in [5.41, 5.74) is 0.584. The van der Waals surface area contributed by atoms with E-state index in [0.717, 1.165) is 5.75 Å². The summed E-state index contributed by atoms with van der Waals surface area (Å²) in [6.45, 7) is 0. The van der Waals surface area contributed by atoms with Crippen molar-refractivity contribution in [1.82, 2.24) is 0 Å². The Balaban J connectivity index is 0.000000980. The first-order valence-corrected chi connectivity index (χ1v) is 5.87. The van der Waals surface area contributed by atoms with Gasteiger partial charge in [0.2, 0.25) is 9.76 Å². The normalized spacial score (nSPS) is 14.9. The zero-order chi connectivity index (χ0) is 8.93. The molecule has 0 N–H and O–H groups in total. The van der Waals surface area contributed by atoms with Crippen molar-refractivity contribution in [2.24, 2.45) is 0 Å². The second-order valence-electron chi connectivity index (χ2n) is 3.06. The van der Waals surface area contributed by atoms with Crippen LogP contribution in [0.3, 0.4) is 0 Å². The first-order chi connectivity index (χ1) is 6.45. The topological polar surface area (TPSA) is 9.23 Å². The molecule has 1 aliphatic rings. The van der Waals surface area contributed by atoms with E-state index in [1.165, 1.54) is 0 Å². The Morgan fingerprint density at radius 3 is 2.29 bits per heavy atom. The fraction of sp³-hybridized carbons (Fsp3) is 0.0909. The first kappa shape index (κ1) is 11.4. The Morgan fingerprint density at radius 1 is 1.00 bits per heavy atom. The summed E-state index contributed by atoms with van der Waals surface area (Å²) in [7, 11) is -0.484. The van der Waals surface area contributed by atoms with Gasteiger partial charge >= 0.3 is 0 Å². The van der Waals surface area contributed by atoms with Crippen LogP contribution in [0.2, 0.25) is 5.54 Å². The Hall–Kier alpha value is -0.686. The van der Waals surface area contributed by atoms with Crippen molar-refractivity contribution in [1.29, 1.82) is 0 Å². The maximum absolute atomic E-state index is 5.73. The molecule has 0 unspecified atom stereocenters. The molecule has 0 bridgehead atoms. The first-order valence-electron chi connectivity index (χ1n) is 4.48. The van der Waals surface area contributed by atoms with E-state index in [0.29, 0.717) is 5.54 Å². The SMILES string of the molecule is C1=CC([SiH2]Oc2ccccc2)C=C1.[Li]. The Morgan fingerprint density at radius 2 is 1.64 bits per heavy atom. The van der Waals surface area contributed by atoms with Gasteiger partial charge in [-0.15, -0.1) is 0 Å². The molecule has 0 aliphatic heterocycles. The third-order valence-electron chi connectivity index (χ3n) is 2.01. The van der Waals surface area contributed by atoms with Gasteiger partial charge in [0.05, 0.1) is 0 Å². The monoisotopic (exact) mass is 195 g/mol. The van der Waals surface area contributed by atoms with Crippen LogP contribution in [0.4, 0.5) is 0 Å². The van der Waals surface area contributed by atoms with Gasteiger partial charge in [-0.25, -0.2) is 0 Å². The molecule has 0 fully saturated rings. The van der Waals surface area contributed by atoms with Gasteiger partial charge in [0, 0.05) is 24.4 Å². The molecule has 67 valence electrons. The van der Waals surface area contributed by atoms with Crippen molar-refractivity contribution in [3.63, 3.8) is 0 Å². The minimum atomic E-state index is -0.484. The summed E-state index contributed by atoms with van der Waals surface area (Å²) in [4.78, 5) is 0. The minimum absolute atomic E-state index is 0. The molecule has 0 aromatic heterocycles. The fourth-order valence-electron chi connectivity index (χ4n) is 1.30. The molecule has 0 spiro atoms. The van der Waals surface area contributed by atoms with Crippen LogP contribution in [0.1, 0.15) is 0 Å². The maximum atomic E-state index is 5.73. The summed E-state index contributed by atoms with van der Waals surface area (Å²) in [5, 5.41) is 0. The second kappa shape index (κ2) is 5.92. The van der Waals surface area contributed by atoms with Crippen molar-refractivity contribution >= 4 is 28.6 Å². The maximum Gasteiger partial charge on any atom is 0.230 e. The van der Waals surface area contributed by atoms with Crippen LogP contribution in [-0.2, 0) is 0 Å². The van der Waals surface area contributed by atoms with Crippen LogP contribution in [0.25, 0.3) is 0 Å². The van der Waals surface area contributed by atoms with Gasteiger partial charge in [-0.2, -0.15) is 0 Å². The Kier molecular flexibility index (Phi) is 4.82. The molecule has 1 radical (unpaired) electrons. The van der Waals surface area contributed by atoms with Crippen LogP contribution in [0.15, 0.2) is 54.6 Å². The van der Waals surface area contributed by atoms with Gasteiger partial charge in [0.25, 0.3) is 0 Å². The van der Waals surface area contributed by atoms with Gasteiger partial charge in [0.1, 0.15) is 5.75 Å². The molecule has 3 heteroatoms. The molecule has 1 aromatic rings. The molecule has 0 saturated heterocycles. The quantitative estimate of drug-likeness (QED) is 0.667. The smallest absolute Gasteiger partial charge is 0.230 e. The van der Waals surface area contributed by atoms with E-state index in [1.54, 1.807) is 0 Å². The third kappa shape index (κ3) is 3.23. The van der Waals surface area contributed by atoms with E-state index >= 15 is 0 Å². The third-order valence-corrected chi connectivity index (χ3v) is 3.44. The van der Waals surface area contributed by atoms with Crippen molar-refractivity contribution in [2.45, 2.75) is 5.54 Å². The van der Waals surface area contributed by atoms with E-state index < -0.39 is 9.76 Å². The van der Waals surface area contributed by atoms with E-state index in [4.69, 9.17) is 4.43 Å². The summed E-state index contributed by atoms with van der Waals surface area (Å²) in [6.07, 6.45) is 8.59. The number of para-hydroxylation sites is 1. The summed E-state index contributed by atoms with van der Waals surface area (Å²) in [5.74, 6) is 1.00. The molecule has 0 amide bonds. The number of rotatable bonds is 3. The summed E-state index contributed by atoms with van der Waals surface area (Å²) >= 11 is 0. The van der Waals surface area contributed by atoms with Gasteiger partial charge in [0.15, 0.2) is 0 Å².